The number of carbonyl (C=O) groups is 2. The zero-order valence-electron chi connectivity index (χ0n) is 14.9. The van der Waals surface area contributed by atoms with Crippen LogP contribution in [0.15, 0.2) is 41.8 Å². The summed E-state index contributed by atoms with van der Waals surface area (Å²) in [5, 5.41) is 7.12. The van der Waals surface area contributed by atoms with E-state index in [9.17, 15) is 9.59 Å². The van der Waals surface area contributed by atoms with Crippen molar-refractivity contribution in [3.05, 3.63) is 52.2 Å². The highest BCUT2D eigenvalue weighted by Crippen LogP contribution is 2.17. The van der Waals surface area contributed by atoms with E-state index in [0.717, 1.165) is 12.1 Å². The molecule has 0 atom stereocenters. The van der Waals surface area contributed by atoms with Gasteiger partial charge in [0.15, 0.2) is 0 Å². The summed E-state index contributed by atoms with van der Waals surface area (Å²) < 4.78 is 0. The lowest BCUT2D eigenvalue weighted by atomic mass is 10.2. The molecule has 0 unspecified atom stereocenters. The third-order valence-corrected chi connectivity index (χ3v) is 4.73. The molecule has 0 bridgehead atoms. The molecule has 6 heteroatoms. The fraction of sp³-hybridized carbons (Fsp3) is 0.368. The molecule has 0 aliphatic heterocycles. The number of urea groups is 1. The number of hydrogen-bond donors (Lipinski definition) is 2. The van der Waals surface area contributed by atoms with E-state index < -0.39 is 6.03 Å². The van der Waals surface area contributed by atoms with Gasteiger partial charge in [0.1, 0.15) is 0 Å². The first-order valence-corrected chi connectivity index (χ1v) is 9.27. The minimum Gasteiger partial charge on any atom is -0.360 e. The fourth-order valence-corrected chi connectivity index (χ4v) is 3.14. The van der Waals surface area contributed by atoms with E-state index in [0.29, 0.717) is 6.54 Å². The van der Waals surface area contributed by atoms with Crippen molar-refractivity contribution in [3.8, 4) is 0 Å². The summed E-state index contributed by atoms with van der Waals surface area (Å²) in [4.78, 5) is 27.2. The Morgan fingerprint density at radius 3 is 2.48 bits per heavy atom. The topological polar surface area (TPSA) is 61.4 Å². The number of benzene rings is 1. The molecular formula is C19H25N3O2S. The monoisotopic (exact) mass is 359 g/mol. The Morgan fingerprint density at radius 2 is 1.88 bits per heavy atom. The minimum absolute atomic E-state index is 0.138. The first-order chi connectivity index (χ1) is 12.0. The number of amides is 3. The number of rotatable bonds is 7. The van der Waals surface area contributed by atoms with Gasteiger partial charge in [-0.05, 0) is 50.8 Å². The van der Waals surface area contributed by atoms with Crippen LogP contribution in [-0.2, 0) is 11.2 Å². The minimum atomic E-state index is -0.450. The van der Waals surface area contributed by atoms with Gasteiger partial charge in [0, 0.05) is 23.2 Å². The quantitative estimate of drug-likeness (QED) is 0.797. The number of nitrogens with one attached hydrogen (secondary N) is 2. The second-order valence-electron chi connectivity index (χ2n) is 6.19. The molecule has 0 fully saturated rings. The van der Waals surface area contributed by atoms with E-state index >= 15 is 0 Å². The predicted octanol–water partition coefficient (Wildman–Crippen LogP) is 3.34. The van der Waals surface area contributed by atoms with Gasteiger partial charge < -0.3 is 10.2 Å². The van der Waals surface area contributed by atoms with Crippen LogP contribution < -0.4 is 15.5 Å². The zero-order valence-corrected chi connectivity index (χ0v) is 15.7. The molecule has 2 aromatic rings. The number of imide groups is 1. The number of hydrogen-bond acceptors (Lipinski definition) is 4. The van der Waals surface area contributed by atoms with E-state index in [4.69, 9.17) is 0 Å². The van der Waals surface area contributed by atoms with Crippen molar-refractivity contribution in [1.29, 1.82) is 0 Å². The van der Waals surface area contributed by atoms with E-state index in [1.807, 2.05) is 67.4 Å². The van der Waals surface area contributed by atoms with Crippen molar-refractivity contribution in [2.24, 2.45) is 0 Å². The summed E-state index contributed by atoms with van der Waals surface area (Å²) in [6, 6.07) is 11.7. The predicted molar refractivity (Wildman–Crippen MR) is 103 cm³/mol. The lowest BCUT2D eigenvalue weighted by Gasteiger charge is -2.28. The standard InChI is InChI=1S/C19H25N3O2S/c1-14(2)22(16-8-6-15(3)7-9-16)13-18(23)21-19(24)20-11-10-17-5-4-12-25-17/h4-9,12,14H,10-11,13H2,1-3H3,(H2,20,21,23,24). The second-order valence-corrected chi connectivity index (χ2v) is 7.22. The number of nitrogens with zero attached hydrogens (tertiary/aromatic N) is 1. The Labute approximate surface area is 153 Å². The molecular weight excluding hydrogens is 334 g/mol. The maximum Gasteiger partial charge on any atom is 0.321 e. The fourth-order valence-electron chi connectivity index (χ4n) is 2.43. The molecule has 1 heterocycles. The first kappa shape index (κ1) is 19.0. The van der Waals surface area contributed by atoms with Crippen molar-refractivity contribution in [2.75, 3.05) is 18.0 Å². The van der Waals surface area contributed by atoms with Gasteiger partial charge in [-0.1, -0.05) is 23.8 Å². The lowest BCUT2D eigenvalue weighted by molar-refractivity contribution is -0.118. The molecule has 0 aliphatic rings. The molecule has 3 amide bonds. The van der Waals surface area contributed by atoms with E-state index in [-0.39, 0.29) is 18.5 Å². The van der Waals surface area contributed by atoms with Crippen LogP contribution in [0.1, 0.15) is 24.3 Å². The molecule has 0 saturated carbocycles. The van der Waals surface area contributed by atoms with Crippen LogP contribution in [0, 0.1) is 6.92 Å². The Bertz CT molecular complexity index is 681. The highest BCUT2D eigenvalue weighted by molar-refractivity contribution is 7.09. The summed E-state index contributed by atoms with van der Waals surface area (Å²) in [5.74, 6) is -0.317. The lowest BCUT2D eigenvalue weighted by Crippen LogP contribution is -2.46. The van der Waals surface area contributed by atoms with Crippen LogP contribution in [0.2, 0.25) is 0 Å². The Morgan fingerprint density at radius 1 is 1.16 bits per heavy atom. The molecule has 0 radical (unpaired) electrons. The van der Waals surface area contributed by atoms with E-state index in [1.54, 1.807) is 11.3 Å². The van der Waals surface area contributed by atoms with E-state index in [2.05, 4.69) is 10.6 Å². The zero-order chi connectivity index (χ0) is 18.2. The molecule has 1 aromatic carbocycles. The third-order valence-electron chi connectivity index (χ3n) is 3.79. The Hall–Kier alpha value is -2.34. The van der Waals surface area contributed by atoms with Crippen molar-refractivity contribution >= 4 is 29.0 Å². The van der Waals surface area contributed by atoms with Gasteiger partial charge in [-0.3, -0.25) is 10.1 Å². The summed E-state index contributed by atoms with van der Waals surface area (Å²) in [6.07, 6.45) is 0.765. The number of anilines is 1. The number of carbonyl (C=O) groups excluding carboxylic acids is 2. The van der Waals surface area contributed by atoms with Gasteiger partial charge >= 0.3 is 6.03 Å². The normalized spacial score (nSPS) is 10.6. The highest BCUT2D eigenvalue weighted by atomic mass is 32.1. The summed E-state index contributed by atoms with van der Waals surface area (Å²) in [6.45, 7) is 6.71. The SMILES string of the molecule is Cc1ccc(N(CC(=O)NC(=O)NCCc2cccs2)C(C)C)cc1. The summed E-state index contributed by atoms with van der Waals surface area (Å²) in [7, 11) is 0. The molecule has 0 spiro atoms. The van der Waals surface area contributed by atoms with Crippen molar-refractivity contribution in [3.63, 3.8) is 0 Å². The van der Waals surface area contributed by atoms with Gasteiger partial charge in [0.2, 0.25) is 5.91 Å². The number of thiophene rings is 1. The van der Waals surface area contributed by atoms with Crippen molar-refractivity contribution in [2.45, 2.75) is 33.2 Å². The third kappa shape index (κ3) is 6.23. The molecule has 0 aliphatic carbocycles. The second kappa shape index (κ2) is 9.22. The smallest absolute Gasteiger partial charge is 0.321 e. The Balaban J connectivity index is 1.81. The molecule has 2 rings (SSSR count). The summed E-state index contributed by atoms with van der Waals surface area (Å²) >= 11 is 1.65. The highest BCUT2D eigenvalue weighted by Gasteiger charge is 2.16. The van der Waals surface area contributed by atoms with Crippen LogP contribution >= 0.6 is 11.3 Å². The van der Waals surface area contributed by atoms with Gasteiger partial charge in [0.25, 0.3) is 0 Å². The first-order valence-electron chi connectivity index (χ1n) is 8.39. The van der Waals surface area contributed by atoms with E-state index in [1.165, 1.54) is 10.4 Å². The van der Waals surface area contributed by atoms with Crippen LogP contribution in [-0.4, -0.2) is 31.1 Å². The van der Waals surface area contributed by atoms with Crippen LogP contribution in [0.5, 0.6) is 0 Å². The van der Waals surface area contributed by atoms with Crippen LogP contribution in [0.25, 0.3) is 0 Å². The van der Waals surface area contributed by atoms with Crippen molar-refractivity contribution < 1.29 is 9.59 Å². The molecule has 25 heavy (non-hydrogen) atoms. The maximum absolute atomic E-state index is 12.2. The van der Waals surface area contributed by atoms with Crippen molar-refractivity contribution in [1.82, 2.24) is 10.6 Å². The van der Waals surface area contributed by atoms with Crippen LogP contribution in [0.4, 0.5) is 10.5 Å². The molecule has 2 N–H and O–H groups in total. The molecule has 5 nitrogen and oxygen atoms in total. The van der Waals surface area contributed by atoms with Gasteiger partial charge in [-0.15, -0.1) is 11.3 Å². The van der Waals surface area contributed by atoms with Gasteiger partial charge in [0.05, 0.1) is 6.54 Å². The maximum atomic E-state index is 12.2. The average molecular weight is 359 g/mol. The molecule has 0 saturated heterocycles. The molecule has 1 aromatic heterocycles. The summed E-state index contributed by atoms with van der Waals surface area (Å²) in [5.41, 5.74) is 2.14. The van der Waals surface area contributed by atoms with Gasteiger partial charge in [-0.25, -0.2) is 4.79 Å². The average Bonchev–Trinajstić information content (AvgIpc) is 3.06. The Kier molecular flexibility index (Phi) is 7.01. The van der Waals surface area contributed by atoms with Crippen LogP contribution in [0.3, 0.4) is 0 Å². The number of aryl methyl sites for hydroxylation is 1. The van der Waals surface area contributed by atoms with Gasteiger partial charge in [-0.2, -0.15) is 0 Å². The molecule has 134 valence electrons. The largest absolute Gasteiger partial charge is 0.360 e.